The molecule has 96 valence electrons. The molecule has 3 unspecified atom stereocenters. The van der Waals surface area contributed by atoms with E-state index in [2.05, 4.69) is 33.0 Å². The lowest BCUT2D eigenvalue weighted by atomic mass is 9.82. The highest BCUT2D eigenvalue weighted by molar-refractivity contribution is 4.83. The zero-order chi connectivity index (χ0) is 12.2. The molecule has 2 N–H and O–H groups in total. The topological polar surface area (TPSA) is 32.3 Å². The van der Waals surface area contributed by atoms with Gasteiger partial charge in [-0.1, -0.05) is 47.0 Å². The number of hydrogen-bond donors (Lipinski definition) is 2. The molecule has 1 aliphatic rings. The fraction of sp³-hybridized carbons (Fsp3) is 1.00. The van der Waals surface area contributed by atoms with Crippen LogP contribution in [0.4, 0.5) is 0 Å². The molecule has 0 aromatic rings. The average Bonchev–Trinajstić information content (AvgIpc) is 2.24. The van der Waals surface area contributed by atoms with E-state index >= 15 is 0 Å². The monoisotopic (exact) mass is 227 g/mol. The number of nitrogens with one attached hydrogen (secondary N) is 1. The third-order valence-electron chi connectivity index (χ3n) is 4.01. The molecule has 2 nitrogen and oxygen atoms in total. The Kier molecular flexibility index (Phi) is 5.26. The molecule has 1 rings (SSSR count). The normalized spacial score (nSPS) is 29.1. The van der Waals surface area contributed by atoms with Crippen molar-refractivity contribution in [3.63, 3.8) is 0 Å². The predicted octanol–water partition coefficient (Wildman–Crippen LogP) is 2.95. The van der Waals surface area contributed by atoms with Gasteiger partial charge in [-0.2, -0.15) is 0 Å². The summed E-state index contributed by atoms with van der Waals surface area (Å²) in [5.41, 5.74) is -0.0105. The molecule has 3 atom stereocenters. The molecule has 1 aliphatic carbocycles. The van der Waals surface area contributed by atoms with Crippen LogP contribution in [0.1, 0.15) is 59.8 Å². The van der Waals surface area contributed by atoms with E-state index in [1.54, 1.807) is 0 Å². The number of hydrogen-bond acceptors (Lipinski definition) is 2. The van der Waals surface area contributed by atoms with E-state index in [1.807, 2.05) is 0 Å². The summed E-state index contributed by atoms with van der Waals surface area (Å²) in [5.74, 6) is 0.820. The van der Waals surface area contributed by atoms with E-state index in [-0.39, 0.29) is 11.5 Å². The summed E-state index contributed by atoms with van der Waals surface area (Å²) in [7, 11) is 0. The molecule has 0 spiro atoms. The SMILES string of the molecule is CCC1CCCCC1NCC(O)C(C)(C)C. The minimum atomic E-state index is -0.244. The molecule has 0 aliphatic heterocycles. The summed E-state index contributed by atoms with van der Waals surface area (Å²) in [6.45, 7) is 9.31. The van der Waals surface area contributed by atoms with Crippen LogP contribution in [-0.2, 0) is 0 Å². The first-order valence-electron chi connectivity index (χ1n) is 6.86. The third kappa shape index (κ3) is 4.06. The van der Waals surface area contributed by atoms with Crippen LogP contribution in [-0.4, -0.2) is 23.8 Å². The highest BCUT2D eigenvalue weighted by Crippen LogP contribution is 2.27. The summed E-state index contributed by atoms with van der Waals surface area (Å²) < 4.78 is 0. The molecule has 0 radical (unpaired) electrons. The van der Waals surface area contributed by atoms with Gasteiger partial charge in [-0.15, -0.1) is 0 Å². The van der Waals surface area contributed by atoms with Crippen molar-refractivity contribution in [2.45, 2.75) is 71.9 Å². The van der Waals surface area contributed by atoms with E-state index in [1.165, 1.54) is 32.1 Å². The van der Waals surface area contributed by atoms with Gasteiger partial charge in [0.05, 0.1) is 6.10 Å². The summed E-state index contributed by atoms with van der Waals surface area (Å²) >= 11 is 0. The zero-order valence-corrected chi connectivity index (χ0v) is 11.4. The predicted molar refractivity (Wildman–Crippen MR) is 69.5 cm³/mol. The maximum Gasteiger partial charge on any atom is 0.0712 e. The van der Waals surface area contributed by atoms with Gasteiger partial charge in [-0.05, 0) is 24.2 Å². The third-order valence-corrected chi connectivity index (χ3v) is 4.01. The number of aliphatic hydroxyl groups is 1. The van der Waals surface area contributed by atoms with Crippen molar-refractivity contribution in [1.82, 2.24) is 5.32 Å². The fourth-order valence-corrected chi connectivity index (χ4v) is 2.53. The van der Waals surface area contributed by atoms with Crippen molar-refractivity contribution in [2.24, 2.45) is 11.3 Å². The Labute approximate surface area is 101 Å². The lowest BCUT2D eigenvalue weighted by molar-refractivity contribution is 0.0560. The molecule has 0 amide bonds. The van der Waals surface area contributed by atoms with Crippen molar-refractivity contribution in [2.75, 3.05) is 6.54 Å². The minimum Gasteiger partial charge on any atom is -0.391 e. The Bertz CT molecular complexity index is 197. The summed E-state index contributed by atoms with van der Waals surface area (Å²) in [5, 5.41) is 13.6. The molecule has 2 heteroatoms. The van der Waals surface area contributed by atoms with Crippen LogP contribution >= 0.6 is 0 Å². The van der Waals surface area contributed by atoms with Crippen molar-refractivity contribution in [3.05, 3.63) is 0 Å². The lowest BCUT2D eigenvalue weighted by Gasteiger charge is -2.34. The van der Waals surface area contributed by atoms with Gasteiger partial charge in [-0.3, -0.25) is 0 Å². The molecular formula is C14H29NO. The molecule has 0 bridgehead atoms. The second kappa shape index (κ2) is 6.02. The molecule has 1 saturated carbocycles. The van der Waals surface area contributed by atoms with Gasteiger partial charge in [0.1, 0.15) is 0 Å². The summed E-state index contributed by atoms with van der Waals surface area (Å²) in [4.78, 5) is 0. The second-order valence-electron chi connectivity index (χ2n) is 6.35. The zero-order valence-electron chi connectivity index (χ0n) is 11.4. The Morgan fingerprint density at radius 3 is 2.44 bits per heavy atom. The van der Waals surface area contributed by atoms with Gasteiger partial charge in [0, 0.05) is 12.6 Å². The first kappa shape index (κ1) is 14.0. The first-order chi connectivity index (χ1) is 7.45. The van der Waals surface area contributed by atoms with E-state index in [9.17, 15) is 5.11 Å². The molecular weight excluding hydrogens is 198 g/mol. The van der Waals surface area contributed by atoms with Gasteiger partial charge in [-0.25, -0.2) is 0 Å². The van der Waals surface area contributed by atoms with Crippen LogP contribution in [0.15, 0.2) is 0 Å². The molecule has 0 aromatic heterocycles. The van der Waals surface area contributed by atoms with Crippen molar-refractivity contribution >= 4 is 0 Å². The maximum absolute atomic E-state index is 10.0. The molecule has 0 saturated heterocycles. The molecule has 16 heavy (non-hydrogen) atoms. The summed E-state index contributed by atoms with van der Waals surface area (Å²) in [6, 6.07) is 0.635. The molecule has 0 heterocycles. The highest BCUT2D eigenvalue weighted by Gasteiger charge is 2.26. The van der Waals surface area contributed by atoms with Gasteiger partial charge < -0.3 is 10.4 Å². The lowest BCUT2D eigenvalue weighted by Crippen LogP contribution is -2.45. The number of rotatable bonds is 4. The quantitative estimate of drug-likeness (QED) is 0.774. The van der Waals surface area contributed by atoms with Crippen molar-refractivity contribution in [1.29, 1.82) is 0 Å². The van der Waals surface area contributed by atoms with E-state index < -0.39 is 0 Å². The smallest absolute Gasteiger partial charge is 0.0712 e. The Morgan fingerprint density at radius 1 is 1.25 bits per heavy atom. The average molecular weight is 227 g/mol. The van der Waals surface area contributed by atoms with Crippen LogP contribution in [0, 0.1) is 11.3 Å². The van der Waals surface area contributed by atoms with Crippen LogP contribution < -0.4 is 5.32 Å². The van der Waals surface area contributed by atoms with Crippen LogP contribution in [0.2, 0.25) is 0 Å². The van der Waals surface area contributed by atoms with Gasteiger partial charge >= 0.3 is 0 Å². The van der Waals surface area contributed by atoms with E-state index in [4.69, 9.17) is 0 Å². The van der Waals surface area contributed by atoms with Crippen molar-refractivity contribution < 1.29 is 5.11 Å². The standard InChI is InChI=1S/C14H29NO/c1-5-11-8-6-7-9-12(11)15-10-13(16)14(2,3)4/h11-13,15-16H,5-10H2,1-4H3. The minimum absolute atomic E-state index is 0.0105. The second-order valence-corrected chi connectivity index (χ2v) is 6.35. The van der Waals surface area contributed by atoms with Crippen LogP contribution in [0.3, 0.4) is 0 Å². The Balaban J connectivity index is 2.35. The van der Waals surface area contributed by atoms with Gasteiger partial charge in [0.15, 0.2) is 0 Å². The van der Waals surface area contributed by atoms with Gasteiger partial charge in [0.2, 0.25) is 0 Å². The maximum atomic E-state index is 10.0. The van der Waals surface area contributed by atoms with Crippen LogP contribution in [0.5, 0.6) is 0 Å². The van der Waals surface area contributed by atoms with Crippen LogP contribution in [0.25, 0.3) is 0 Å². The first-order valence-corrected chi connectivity index (χ1v) is 6.86. The van der Waals surface area contributed by atoms with Crippen molar-refractivity contribution in [3.8, 4) is 0 Å². The largest absolute Gasteiger partial charge is 0.391 e. The molecule has 1 fully saturated rings. The van der Waals surface area contributed by atoms with E-state index in [0.717, 1.165) is 12.5 Å². The summed E-state index contributed by atoms with van der Waals surface area (Å²) in [6.07, 6.45) is 6.41. The fourth-order valence-electron chi connectivity index (χ4n) is 2.53. The molecule has 0 aromatic carbocycles. The van der Waals surface area contributed by atoms with Gasteiger partial charge in [0.25, 0.3) is 0 Å². The Morgan fingerprint density at radius 2 is 1.88 bits per heavy atom. The number of aliphatic hydroxyl groups excluding tert-OH is 1. The Hall–Kier alpha value is -0.0800. The highest BCUT2D eigenvalue weighted by atomic mass is 16.3. The van der Waals surface area contributed by atoms with E-state index in [0.29, 0.717) is 6.04 Å².